The van der Waals surface area contributed by atoms with E-state index in [0.717, 1.165) is 10.4 Å². The Morgan fingerprint density at radius 2 is 2.24 bits per heavy atom. The molecule has 2 heterocycles. The molecular formula is C14H24N2O3S2. The lowest BCUT2D eigenvalue weighted by molar-refractivity contribution is 0.0392. The quantitative estimate of drug-likeness (QED) is 0.895. The smallest absolute Gasteiger partial charge is 0.244 e. The molecule has 0 bridgehead atoms. The summed E-state index contributed by atoms with van der Waals surface area (Å²) in [5, 5.41) is 5.23. The molecule has 1 aliphatic rings. The van der Waals surface area contributed by atoms with Crippen LogP contribution in [0.4, 0.5) is 0 Å². The largest absolute Gasteiger partial charge is 0.378 e. The van der Waals surface area contributed by atoms with Crippen molar-refractivity contribution < 1.29 is 13.2 Å². The lowest BCUT2D eigenvalue weighted by Crippen LogP contribution is -2.47. The minimum atomic E-state index is -3.45. The predicted molar refractivity (Wildman–Crippen MR) is 85.2 cm³/mol. The molecule has 0 spiro atoms. The van der Waals surface area contributed by atoms with Crippen molar-refractivity contribution in [3.63, 3.8) is 0 Å². The first-order valence-corrected chi connectivity index (χ1v) is 9.56. The van der Waals surface area contributed by atoms with Crippen LogP contribution in [0.2, 0.25) is 0 Å². The van der Waals surface area contributed by atoms with Gasteiger partial charge in [0.1, 0.15) is 4.90 Å². The van der Waals surface area contributed by atoms with Gasteiger partial charge in [0.15, 0.2) is 0 Å². The molecule has 0 amide bonds. The van der Waals surface area contributed by atoms with Gasteiger partial charge in [-0.25, -0.2) is 8.42 Å². The highest BCUT2D eigenvalue weighted by Gasteiger charge is 2.34. The number of nitrogens with zero attached hydrogens (tertiary/aromatic N) is 1. The fraction of sp³-hybridized carbons (Fsp3) is 0.714. The van der Waals surface area contributed by atoms with Gasteiger partial charge in [0.05, 0.1) is 13.2 Å². The standard InChI is InChI=1S/C14H24N2O3S2/c1-10(2)15-7-13-14(11(3)9-20-13)21(17,18)16-5-6-19-8-12(16)4/h9-10,12,15H,5-8H2,1-4H3. The molecule has 0 aromatic carbocycles. The molecule has 7 heteroatoms. The van der Waals surface area contributed by atoms with E-state index in [1.54, 1.807) is 4.31 Å². The Hall–Kier alpha value is -0.470. The number of hydrogen-bond acceptors (Lipinski definition) is 5. The summed E-state index contributed by atoms with van der Waals surface area (Å²) in [5.74, 6) is 0. The van der Waals surface area contributed by atoms with Crippen LogP contribution >= 0.6 is 11.3 Å². The first-order chi connectivity index (χ1) is 9.84. The molecule has 1 saturated heterocycles. The summed E-state index contributed by atoms with van der Waals surface area (Å²) in [6, 6.07) is 0.208. The van der Waals surface area contributed by atoms with Crippen LogP contribution in [-0.2, 0) is 21.3 Å². The number of hydrogen-bond donors (Lipinski definition) is 1. The second-order valence-electron chi connectivity index (χ2n) is 5.75. The van der Waals surface area contributed by atoms with Crippen LogP contribution in [0.3, 0.4) is 0 Å². The molecule has 1 atom stereocenters. The summed E-state index contributed by atoms with van der Waals surface area (Å²) < 4.78 is 32.9. The monoisotopic (exact) mass is 332 g/mol. The molecule has 1 N–H and O–H groups in total. The second-order valence-corrected chi connectivity index (χ2v) is 8.54. The van der Waals surface area contributed by atoms with Gasteiger partial charge in [-0.3, -0.25) is 0 Å². The number of nitrogens with one attached hydrogen (secondary N) is 1. The molecule has 1 aromatic rings. The summed E-state index contributed by atoms with van der Waals surface area (Å²) in [7, 11) is -3.45. The molecule has 1 aliphatic heterocycles. The van der Waals surface area contributed by atoms with Crippen molar-refractivity contribution in [3.05, 3.63) is 15.8 Å². The van der Waals surface area contributed by atoms with E-state index in [9.17, 15) is 8.42 Å². The maximum Gasteiger partial charge on any atom is 0.244 e. The van der Waals surface area contributed by atoms with Crippen molar-refractivity contribution in [1.29, 1.82) is 0 Å². The number of ether oxygens (including phenoxy) is 1. The van der Waals surface area contributed by atoms with E-state index in [1.807, 2.05) is 19.2 Å². The maximum absolute atomic E-state index is 13.0. The molecule has 5 nitrogen and oxygen atoms in total. The summed E-state index contributed by atoms with van der Waals surface area (Å²) in [6.07, 6.45) is 0. The molecule has 0 saturated carbocycles. The number of sulfonamides is 1. The summed E-state index contributed by atoms with van der Waals surface area (Å²) in [4.78, 5) is 1.37. The van der Waals surface area contributed by atoms with Gasteiger partial charge in [-0.1, -0.05) is 13.8 Å². The molecular weight excluding hydrogens is 308 g/mol. The van der Waals surface area contributed by atoms with Gasteiger partial charge in [0, 0.05) is 30.1 Å². The average molecular weight is 332 g/mol. The molecule has 0 aliphatic carbocycles. The van der Waals surface area contributed by atoms with Gasteiger partial charge in [-0.15, -0.1) is 11.3 Å². The Kier molecular flexibility index (Phi) is 5.43. The van der Waals surface area contributed by atoms with Gasteiger partial charge < -0.3 is 10.1 Å². The molecule has 2 rings (SSSR count). The first-order valence-electron chi connectivity index (χ1n) is 7.24. The van der Waals surface area contributed by atoms with Crippen molar-refractivity contribution >= 4 is 21.4 Å². The van der Waals surface area contributed by atoms with Gasteiger partial charge in [-0.2, -0.15) is 4.31 Å². The fourth-order valence-electron chi connectivity index (χ4n) is 2.44. The van der Waals surface area contributed by atoms with Crippen molar-refractivity contribution in [2.75, 3.05) is 19.8 Å². The molecule has 21 heavy (non-hydrogen) atoms. The Morgan fingerprint density at radius 3 is 2.86 bits per heavy atom. The number of thiophene rings is 1. The van der Waals surface area contributed by atoms with Crippen molar-refractivity contribution in [2.24, 2.45) is 0 Å². The van der Waals surface area contributed by atoms with Gasteiger partial charge >= 0.3 is 0 Å². The predicted octanol–water partition coefficient (Wildman–Crippen LogP) is 1.96. The first kappa shape index (κ1) is 16.9. The zero-order valence-corrected chi connectivity index (χ0v) is 14.7. The Morgan fingerprint density at radius 1 is 1.52 bits per heavy atom. The van der Waals surface area contributed by atoms with Crippen molar-refractivity contribution in [1.82, 2.24) is 9.62 Å². The number of aryl methyl sites for hydroxylation is 1. The van der Waals surface area contributed by atoms with E-state index < -0.39 is 10.0 Å². The molecule has 0 radical (unpaired) electrons. The van der Waals surface area contributed by atoms with Crippen LogP contribution in [0, 0.1) is 6.92 Å². The zero-order chi connectivity index (χ0) is 15.6. The van der Waals surface area contributed by atoms with Crippen molar-refractivity contribution in [3.8, 4) is 0 Å². The second kappa shape index (κ2) is 6.75. The third-order valence-electron chi connectivity index (χ3n) is 3.53. The number of rotatable bonds is 5. The van der Waals surface area contributed by atoms with E-state index in [-0.39, 0.29) is 6.04 Å². The molecule has 1 fully saturated rings. The van der Waals surface area contributed by atoms with Gasteiger partial charge in [0.2, 0.25) is 10.0 Å². The van der Waals surface area contributed by atoms with Crippen molar-refractivity contribution in [2.45, 2.75) is 51.2 Å². The third kappa shape index (κ3) is 3.65. The molecule has 1 unspecified atom stereocenters. The summed E-state index contributed by atoms with van der Waals surface area (Å²) >= 11 is 1.51. The van der Waals surface area contributed by atoms with E-state index in [2.05, 4.69) is 19.2 Å². The average Bonchev–Trinajstić information content (AvgIpc) is 2.78. The Balaban J connectivity index is 2.33. The summed E-state index contributed by atoms with van der Waals surface area (Å²) in [5.41, 5.74) is 0.833. The van der Waals surface area contributed by atoms with Crippen LogP contribution in [0.15, 0.2) is 10.3 Å². The fourth-order valence-corrected chi connectivity index (χ4v) is 5.75. The molecule has 1 aromatic heterocycles. The van der Waals surface area contributed by atoms with E-state index in [1.165, 1.54) is 11.3 Å². The summed E-state index contributed by atoms with van der Waals surface area (Å²) in [6.45, 7) is 9.81. The molecule has 120 valence electrons. The normalized spacial score (nSPS) is 21.1. The SMILES string of the molecule is Cc1csc(CNC(C)C)c1S(=O)(=O)N1CCOCC1C. The van der Waals surface area contributed by atoms with E-state index >= 15 is 0 Å². The maximum atomic E-state index is 13.0. The topological polar surface area (TPSA) is 58.6 Å². The van der Waals surface area contributed by atoms with E-state index in [4.69, 9.17) is 4.74 Å². The minimum absolute atomic E-state index is 0.117. The highest BCUT2D eigenvalue weighted by Crippen LogP contribution is 2.31. The van der Waals surface area contributed by atoms with Gasteiger partial charge in [-0.05, 0) is 24.8 Å². The van der Waals surface area contributed by atoms with Gasteiger partial charge in [0.25, 0.3) is 0 Å². The zero-order valence-electron chi connectivity index (χ0n) is 13.0. The number of morpholine rings is 1. The van der Waals surface area contributed by atoms with Crippen LogP contribution in [-0.4, -0.2) is 44.6 Å². The van der Waals surface area contributed by atoms with Crippen LogP contribution < -0.4 is 5.32 Å². The third-order valence-corrected chi connectivity index (χ3v) is 7.01. The van der Waals surface area contributed by atoms with Crippen LogP contribution in [0.5, 0.6) is 0 Å². The Bertz CT molecular complexity index is 581. The highest BCUT2D eigenvalue weighted by molar-refractivity contribution is 7.89. The lowest BCUT2D eigenvalue weighted by Gasteiger charge is -2.32. The lowest BCUT2D eigenvalue weighted by atomic mass is 10.3. The highest BCUT2D eigenvalue weighted by atomic mass is 32.2. The van der Waals surface area contributed by atoms with Crippen LogP contribution in [0.1, 0.15) is 31.2 Å². The Labute approximate surface area is 131 Å². The minimum Gasteiger partial charge on any atom is -0.378 e. The van der Waals surface area contributed by atoms with Crippen LogP contribution in [0.25, 0.3) is 0 Å². The van der Waals surface area contributed by atoms with E-state index in [0.29, 0.717) is 37.2 Å².